The Morgan fingerprint density at radius 2 is 2.22 bits per heavy atom. The number of aliphatic carboxylic acids is 1. The highest BCUT2D eigenvalue weighted by Crippen LogP contribution is 2.28. The molecule has 2 rings (SSSR count). The topological polar surface area (TPSA) is 98.7 Å². The normalized spacial score (nSPS) is 13.8. The molecule has 1 fully saturated rings. The van der Waals surface area contributed by atoms with E-state index in [9.17, 15) is 14.4 Å². The SMILES string of the molecule is O=C(O)CSCCNC(=O)c1ccc(Cl)c(N2CCNC2=O)c1. The van der Waals surface area contributed by atoms with Gasteiger partial charge in [-0.3, -0.25) is 14.5 Å². The molecule has 1 heterocycles. The second-order valence-electron chi connectivity index (χ2n) is 4.75. The molecule has 0 radical (unpaired) electrons. The summed E-state index contributed by atoms with van der Waals surface area (Å²) in [5, 5.41) is 14.3. The third kappa shape index (κ3) is 4.77. The summed E-state index contributed by atoms with van der Waals surface area (Å²) in [5.74, 6) is -0.663. The maximum atomic E-state index is 12.1. The van der Waals surface area contributed by atoms with Crippen molar-refractivity contribution in [2.24, 2.45) is 0 Å². The number of nitrogens with one attached hydrogen (secondary N) is 2. The van der Waals surface area contributed by atoms with Crippen molar-refractivity contribution in [2.45, 2.75) is 0 Å². The molecule has 1 aliphatic rings. The molecule has 3 amide bonds. The van der Waals surface area contributed by atoms with Gasteiger partial charge in [0.05, 0.1) is 16.5 Å². The molecule has 0 unspecified atom stereocenters. The Hall–Kier alpha value is -1.93. The predicted molar refractivity (Wildman–Crippen MR) is 89.5 cm³/mol. The van der Waals surface area contributed by atoms with Crippen LogP contribution in [-0.2, 0) is 4.79 Å². The van der Waals surface area contributed by atoms with Crippen LogP contribution in [0, 0.1) is 0 Å². The van der Waals surface area contributed by atoms with Crippen molar-refractivity contribution >= 4 is 47.0 Å². The fraction of sp³-hybridized carbons (Fsp3) is 0.357. The number of carbonyl (C=O) groups excluding carboxylic acids is 2. The van der Waals surface area contributed by atoms with Gasteiger partial charge in [0.1, 0.15) is 0 Å². The van der Waals surface area contributed by atoms with Crippen molar-refractivity contribution in [3.05, 3.63) is 28.8 Å². The van der Waals surface area contributed by atoms with Crippen molar-refractivity contribution in [1.82, 2.24) is 10.6 Å². The van der Waals surface area contributed by atoms with Crippen LogP contribution >= 0.6 is 23.4 Å². The molecule has 0 atom stereocenters. The van der Waals surface area contributed by atoms with Crippen LogP contribution in [0.1, 0.15) is 10.4 Å². The molecule has 0 spiro atoms. The van der Waals surface area contributed by atoms with Gasteiger partial charge in [-0.2, -0.15) is 0 Å². The minimum absolute atomic E-state index is 0.00500. The molecule has 1 saturated heterocycles. The van der Waals surface area contributed by atoms with Crippen LogP contribution < -0.4 is 15.5 Å². The zero-order valence-electron chi connectivity index (χ0n) is 12.2. The molecular formula is C14H16ClN3O4S. The lowest BCUT2D eigenvalue weighted by Crippen LogP contribution is -2.29. The number of hydrogen-bond acceptors (Lipinski definition) is 4. The van der Waals surface area contributed by atoms with Gasteiger partial charge in [0.15, 0.2) is 0 Å². The van der Waals surface area contributed by atoms with Crippen molar-refractivity contribution in [1.29, 1.82) is 0 Å². The second kappa shape index (κ2) is 8.07. The Morgan fingerprint density at radius 3 is 2.87 bits per heavy atom. The maximum absolute atomic E-state index is 12.1. The molecule has 0 bridgehead atoms. The molecular weight excluding hydrogens is 342 g/mol. The summed E-state index contributed by atoms with van der Waals surface area (Å²) in [4.78, 5) is 35.7. The highest BCUT2D eigenvalue weighted by atomic mass is 35.5. The Labute approximate surface area is 142 Å². The monoisotopic (exact) mass is 357 g/mol. The number of carboxylic acid groups (broad SMARTS) is 1. The van der Waals surface area contributed by atoms with Crippen molar-refractivity contribution in [2.75, 3.05) is 36.0 Å². The number of nitrogens with zero attached hydrogens (tertiary/aromatic N) is 1. The lowest BCUT2D eigenvalue weighted by molar-refractivity contribution is -0.133. The molecule has 0 aromatic heterocycles. The first kappa shape index (κ1) is 17.4. The van der Waals surface area contributed by atoms with Gasteiger partial charge >= 0.3 is 12.0 Å². The highest BCUT2D eigenvalue weighted by molar-refractivity contribution is 7.99. The first-order valence-electron chi connectivity index (χ1n) is 6.91. The van der Waals surface area contributed by atoms with E-state index in [1.54, 1.807) is 18.2 Å². The Bertz CT molecular complexity index is 626. The number of amides is 3. The summed E-state index contributed by atoms with van der Waals surface area (Å²) in [6.07, 6.45) is 0. The van der Waals surface area contributed by atoms with Gasteiger partial charge < -0.3 is 15.7 Å². The molecule has 7 nitrogen and oxygen atoms in total. The van der Waals surface area contributed by atoms with E-state index in [4.69, 9.17) is 16.7 Å². The van der Waals surface area contributed by atoms with Gasteiger partial charge in [-0.25, -0.2) is 4.79 Å². The highest BCUT2D eigenvalue weighted by Gasteiger charge is 2.24. The minimum Gasteiger partial charge on any atom is -0.481 e. The third-order valence-corrected chi connectivity index (χ3v) is 4.38. The third-order valence-electron chi connectivity index (χ3n) is 3.11. The van der Waals surface area contributed by atoms with Crippen LogP contribution in [0.2, 0.25) is 5.02 Å². The average Bonchev–Trinajstić information content (AvgIpc) is 2.93. The van der Waals surface area contributed by atoms with Crippen LogP contribution in [0.5, 0.6) is 0 Å². The number of rotatable bonds is 7. The molecule has 124 valence electrons. The fourth-order valence-electron chi connectivity index (χ4n) is 2.06. The Morgan fingerprint density at radius 1 is 1.43 bits per heavy atom. The molecule has 0 saturated carbocycles. The van der Waals surface area contributed by atoms with Gasteiger partial charge in [0.25, 0.3) is 5.91 Å². The first-order chi connectivity index (χ1) is 11.0. The van der Waals surface area contributed by atoms with E-state index in [-0.39, 0.29) is 17.7 Å². The number of hydrogen-bond donors (Lipinski definition) is 3. The Kier molecular flexibility index (Phi) is 6.12. The van der Waals surface area contributed by atoms with E-state index in [2.05, 4.69) is 10.6 Å². The summed E-state index contributed by atoms with van der Waals surface area (Å²) in [5.41, 5.74) is 0.891. The quantitative estimate of drug-likeness (QED) is 0.641. The van der Waals surface area contributed by atoms with E-state index in [0.717, 1.165) is 0 Å². The van der Waals surface area contributed by atoms with Crippen molar-refractivity contribution in [3.8, 4) is 0 Å². The molecule has 3 N–H and O–H groups in total. The molecule has 9 heteroatoms. The predicted octanol–water partition coefficient (Wildman–Crippen LogP) is 1.42. The number of thioether (sulfide) groups is 1. The molecule has 0 aliphatic carbocycles. The summed E-state index contributed by atoms with van der Waals surface area (Å²) >= 11 is 7.34. The lowest BCUT2D eigenvalue weighted by Gasteiger charge is -2.17. The summed E-state index contributed by atoms with van der Waals surface area (Å²) < 4.78 is 0. The van der Waals surface area contributed by atoms with E-state index >= 15 is 0 Å². The summed E-state index contributed by atoms with van der Waals surface area (Å²) in [6.45, 7) is 1.39. The number of benzene rings is 1. The average molecular weight is 358 g/mol. The van der Waals surface area contributed by atoms with Gasteiger partial charge in [-0.1, -0.05) is 11.6 Å². The molecule has 1 aliphatic heterocycles. The number of halogens is 1. The maximum Gasteiger partial charge on any atom is 0.322 e. The smallest absolute Gasteiger partial charge is 0.322 e. The summed E-state index contributed by atoms with van der Waals surface area (Å²) in [6, 6.07) is 4.50. The van der Waals surface area contributed by atoms with Crippen molar-refractivity contribution < 1.29 is 19.5 Å². The van der Waals surface area contributed by atoms with E-state index < -0.39 is 5.97 Å². The van der Waals surface area contributed by atoms with Gasteiger partial charge in [-0.15, -0.1) is 11.8 Å². The number of carboxylic acids is 1. The standard InChI is InChI=1S/C14H16ClN3O4S/c15-10-2-1-9(7-11(10)18-5-3-17-14(18)22)13(21)16-4-6-23-8-12(19)20/h1-2,7H,3-6,8H2,(H,16,21)(H,17,22)(H,19,20). The Balaban J connectivity index is 1.95. The molecule has 1 aromatic rings. The van der Waals surface area contributed by atoms with Crippen LogP contribution in [0.25, 0.3) is 0 Å². The van der Waals surface area contributed by atoms with Crippen molar-refractivity contribution in [3.63, 3.8) is 0 Å². The van der Waals surface area contributed by atoms with Gasteiger partial charge in [0.2, 0.25) is 0 Å². The fourth-order valence-corrected chi connectivity index (χ4v) is 2.85. The zero-order chi connectivity index (χ0) is 16.8. The van der Waals surface area contributed by atoms with Gasteiger partial charge in [-0.05, 0) is 18.2 Å². The zero-order valence-corrected chi connectivity index (χ0v) is 13.7. The van der Waals surface area contributed by atoms with Crippen LogP contribution in [0.15, 0.2) is 18.2 Å². The van der Waals surface area contributed by atoms with Crippen LogP contribution in [0.4, 0.5) is 10.5 Å². The number of urea groups is 1. The van der Waals surface area contributed by atoms with E-state index in [1.165, 1.54) is 16.7 Å². The first-order valence-corrected chi connectivity index (χ1v) is 8.45. The number of carbonyl (C=O) groups is 3. The van der Waals surface area contributed by atoms with E-state index in [1.807, 2.05) is 0 Å². The molecule has 23 heavy (non-hydrogen) atoms. The minimum atomic E-state index is -0.882. The van der Waals surface area contributed by atoms with E-state index in [0.29, 0.717) is 41.7 Å². The summed E-state index contributed by atoms with van der Waals surface area (Å²) in [7, 11) is 0. The van der Waals surface area contributed by atoms with Gasteiger partial charge in [0, 0.05) is 31.0 Å². The lowest BCUT2D eigenvalue weighted by atomic mass is 10.1. The second-order valence-corrected chi connectivity index (χ2v) is 6.26. The van der Waals surface area contributed by atoms with Crippen LogP contribution in [0.3, 0.4) is 0 Å². The van der Waals surface area contributed by atoms with Crippen LogP contribution in [-0.4, -0.2) is 54.2 Å². The number of anilines is 1. The largest absolute Gasteiger partial charge is 0.481 e. The molecule has 1 aromatic carbocycles.